The van der Waals surface area contributed by atoms with Gasteiger partial charge in [-0.2, -0.15) is 0 Å². The number of rotatable bonds is 9. The fraction of sp³-hybridized carbons (Fsp3) is 0.357. The van der Waals surface area contributed by atoms with Crippen LogP contribution in [0.5, 0.6) is 17.2 Å². The number of carbonyl (C=O) groups excluding carboxylic acids is 2. The molecule has 7 nitrogen and oxygen atoms in total. The van der Waals surface area contributed by atoms with Crippen molar-refractivity contribution in [3.63, 3.8) is 0 Å². The lowest BCUT2D eigenvalue weighted by Crippen LogP contribution is -2.48. The lowest BCUT2D eigenvalue weighted by atomic mass is 10.0. The summed E-state index contributed by atoms with van der Waals surface area (Å²) in [6.07, 6.45) is 2.63. The summed E-state index contributed by atoms with van der Waals surface area (Å²) in [5.41, 5.74) is 1.65. The molecule has 3 aromatic rings. The van der Waals surface area contributed by atoms with Gasteiger partial charge < -0.3 is 24.0 Å². The van der Waals surface area contributed by atoms with E-state index in [2.05, 4.69) is 11.4 Å². The molecule has 0 N–H and O–H groups in total. The van der Waals surface area contributed by atoms with Crippen LogP contribution in [0.2, 0.25) is 0 Å². The largest absolute Gasteiger partial charge is 0.497 e. The number of carbonyl (C=O) groups is 2. The Kier molecular flexibility index (Phi) is 7.13. The van der Waals surface area contributed by atoms with Crippen LogP contribution in [0.1, 0.15) is 39.7 Å². The van der Waals surface area contributed by atoms with Crippen molar-refractivity contribution >= 4 is 23.2 Å². The monoisotopic (exact) mass is 506 g/mol. The van der Waals surface area contributed by atoms with Crippen molar-refractivity contribution in [2.24, 2.45) is 0 Å². The van der Waals surface area contributed by atoms with Gasteiger partial charge in [0.2, 0.25) is 5.91 Å². The highest BCUT2D eigenvalue weighted by Crippen LogP contribution is 2.36. The Labute approximate surface area is 215 Å². The van der Waals surface area contributed by atoms with E-state index in [1.807, 2.05) is 35.2 Å². The molecule has 5 rings (SSSR count). The maximum absolute atomic E-state index is 13.7. The molecule has 0 bridgehead atoms. The maximum atomic E-state index is 13.7. The normalized spacial score (nSPS) is 16.7. The first-order valence-electron chi connectivity index (χ1n) is 12.2. The minimum atomic E-state index is -0.231. The van der Waals surface area contributed by atoms with Crippen LogP contribution >= 0.6 is 11.3 Å². The van der Waals surface area contributed by atoms with Crippen LogP contribution in [-0.2, 0) is 11.2 Å². The van der Waals surface area contributed by atoms with Crippen LogP contribution in [0.3, 0.4) is 0 Å². The minimum absolute atomic E-state index is 0.0470. The Bertz CT molecular complexity index is 1240. The van der Waals surface area contributed by atoms with Crippen molar-refractivity contribution in [1.29, 1.82) is 0 Å². The summed E-state index contributed by atoms with van der Waals surface area (Å²) in [4.78, 5) is 32.0. The van der Waals surface area contributed by atoms with E-state index in [1.165, 1.54) is 4.88 Å². The SMILES string of the molecule is COc1cccc(C(=O)N(CC(=O)N2CCc3sccc3[C@@H]2COc2ccccc2OC)C2CC2)c1. The molecule has 8 heteroatoms. The van der Waals surface area contributed by atoms with Gasteiger partial charge in [-0.3, -0.25) is 9.59 Å². The third-order valence-corrected chi connectivity index (χ3v) is 7.75. The van der Waals surface area contributed by atoms with Gasteiger partial charge in [0, 0.05) is 23.0 Å². The second kappa shape index (κ2) is 10.6. The Morgan fingerprint density at radius 1 is 1.03 bits per heavy atom. The van der Waals surface area contributed by atoms with Gasteiger partial charge in [0.15, 0.2) is 11.5 Å². The number of fused-ring (bicyclic) bond motifs is 1. The lowest BCUT2D eigenvalue weighted by Gasteiger charge is -2.37. The Hall–Kier alpha value is -3.52. The van der Waals surface area contributed by atoms with Crippen molar-refractivity contribution in [1.82, 2.24) is 9.80 Å². The van der Waals surface area contributed by atoms with Gasteiger partial charge in [-0.15, -0.1) is 11.3 Å². The number of methoxy groups -OCH3 is 2. The molecule has 2 aromatic carbocycles. The van der Waals surface area contributed by atoms with E-state index < -0.39 is 0 Å². The second-order valence-corrected chi connectivity index (χ2v) is 10.0. The van der Waals surface area contributed by atoms with E-state index in [-0.39, 0.29) is 30.4 Å². The average Bonchev–Trinajstić information content (AvgIpc) is 3.65. The third-order valence-electron chi connectivity index (χ3n) is 6.75. The minimum Gasteiger partial charge on any atom is -0.497 e. The quantitative estimate of drug-likeness (QED) is 0.425. The Morgan fingerprint density at radius 2 is 1.83 bits per heavy atom. The zero-order valence-corrected chi connectivity index (χ0v) is 21.3. The summed E-state index contributed by atoms with van der Waals surface area (Å²) in [7, 11) is 3.19. The molecule has 2 heterocycles. The number of para-hydroxylation sites is 2. The molecular formula is C28H30N2O5S. The van der Waals surface area contributed by atoms with Crippen LogP contribution in [0.15, 0.2) is 60.0 Å². The third kappa shape index (κ3) is 5.04. The van der Waals surface area contributed by atoms with E-state index in [1.54, 1.807) is 48.7 Å². The summed E-state index contributed by atoms with van der Waals surface area (Å²) in [5.74, 6) is 1.71. The molecule has 36 heavy (non-hydrogen) atoms. The predicted octanol–water partition coefficient (Wildman–Crippen LogP) is 4.57. The van der Waals surface area contributed by atoms with E-state index >= 15 is 0 Å². The van der Waals surface area contributed by atoms with Gasteiger partial charge in [-0.05, 0) is 66.6 Å². The van der Waals surface area contributed by atoms with Gasteiger partial charge in [0.05, 0.1) is 20.3 Å². The summed E-state index contributed by atoms with van der Waals surface area (Å²) < 4.78 is 16.9. The molecule has 2 aliphatic rings. The summed E-state index contributed by atoms with van der Waals surface area (Å²) >= 11 is 1.71. The van der Waals surface area contributed by atoms with E-state index in [4.69, 9.17) is 14.2 Å². The van der Waals surface area contributed by atoms with Crippen LogP contribution in [-0.4, -0.2) is 61.6 Å². The van der Waals surface area contributed by atoms with E-state index in [9.17, 15) is 9.59 Å². The fourth-order valence-corrected chi connectivity index (χ4v) is 5.62. The average molecular weight is 507 g/mol. The first-order valence-corrected chi connectivity index (χ1v) is 13.0. The smallest absolute Gasteiger partial charge is 0.254 e. The van der Waals surface area contributed by atoms with Crippen molar-refractivity contribution in [2.45, 2.75) is 31.3 Å². The fourth-order valence-electron chi connectivity index (χ4n) is 4.69. The highest BCUT2D eigenvalue weighted by Gasteiger charge is 2.38. The molecule has 0 spiro atoms. The van der Waals surface area contributed by atoms with Gasteiger partial charge in [0.25, 0.3) is 5.91 Å². The van der Waals surface area contributed by atoms with E-state index in [0.717, 1.165) is 24.8 Å². The van der Waals surface area contributed by atoms with Crippen LogP contribution in [0.4, 0.5) is 0 Å². The van der Waals surface area contributed by atoms with Gasteiger partial charge in [-0.25, -0.2) is 0 Å². The Morgan fingerprint density at radius 3 is 2.58 bits per heavy atom. The summed E-state index contributed by atoms with van der Waals surface area (Å²) in [6, 6.07) is 16.6. The van der Waals surface area contributed by atoms with Crippen LogP contribution in [0, 0.1) is 0 Å². The topological polar surface area (TPSA) is 68.3 Å². The predicted molar refractivity (Wildman–Crippen MR) is 138 cm³/mol. The lowest BCUT2D eigenvalue weighted by molar-refractivity contribution is -0.135. The molecule has 1 aromatic heterocycles. The maximum Gasteiger partial charge on any atom is 0.254 e. The van der Waals surface area contributed by atoms with Crippen LogP contribution < -0.4 is 14.2 Å². The number of nitrogens with zero attached hydrogens (tertiary/aromatic N) is 2. The Balaban J connectivity index is 1.35. The molecule has 1 saturated carbocycles. The molecule has 1 atom stereocenters. The number of amides is 2. The van der Waals surface area contributed by atoms with E-state index in [0.29, 0.717) is 36.0 Å². The van der Waals surface area contributed by atoms with Crippen LogP contribution in [0.25, 0.3) is 0 Å². The first-order chi connectivity index (χ1) is 17.6. The van der Waals surface area contributed by atoms with Gasteiger partial charge in [-0.1, -0.05) is 18.2 Å². The molecule has 0 saturated heterocycles. The zero-order chi connectivity index (χ0) is 25.1. The zero-order valence-electron chi connectivity index (χ0n) is 20.5. The van der Waals surface area contributed by atoms with Crippen molar-refractivity contribution in [3.05, 3.63) is 76.0 Å². The number of ether oxygens (including phenoxy) is 3. The molecule has 1 aliphatic carbocycles. The molecule has 1 aliphatic heterocycles. The molecule has 188 valence electrons. The summed E-state index contributed by atoms with van der Waals surface area (Å²) in [5, 5.41) is 2.07. The molecule has 2 amide bonds. The number of benzene rings is 2. The van der Waals surface area contributed by atoms with Gasteiger partial charge >= 0.3 is 0 Å². The first kappa shape index (κ1) is 24.2. The molecule has 0 radical (unpaired) electrons. The second-order valence-electron chi connectivity index (χ2n) is 9.01. The number of hydrogen-bond acceptors (Lipinski definition) is 6. The highest BCUT2D eigenvalue weighted by molar-refractivity contribution is 7.10. The standard InChI is InChI=1S/C28H30N2O5S/c1-33-21-7-5-6-19(16-21)28(32)30(20-10-11-20)17-27(31)29-14-12-26-22(13-15-36-26)23(29)18-35-25-9-4-3-8-24(25)34-2/h3-9,13,15-16,20,23H,10-12,14,17-18H2,1-2H3/t23-/m0/s1. The highest BCUT2D eigenvalue weighted by atomic mass is 32.1. The van der Waals surface area contributed by atoms with Crippen molar-refractivity contribution in [2.75, 3.05) is 33.9 Å². The number of thiophene rings is 1. The van der Waals surface area contributed by atoms with Gasteiger partial charge in [0.1, 0.15) is 18.9 Å². The number of hydrogen-bond donors (Lipinski definition) is 0. The molecular weight excluding hydrogens is 476 g/mol. The molecule has 0 unspecified atom stereocenters. The molecule has 1 fully saturated rings. The summed E-state index contributed by atoms with van der Waals surface area (Å²) in [6.45, 7) is 0.951. The van der Waals surface area contributed by atoms with Crippen molar-refractivity contribution in [3.8, 4) is 17.2 Å². The van der Waals surface area contributed by atoms with Crippen molar-refractivity contribution < 1.29 is 23.8 Å².